The molecule has 0 unspecified atom stereocenters. The maximum atomic E-state index is 11.5. The van der Waals surface area contributed by atoms with Crippen LogP contribution in [-0.2, 0) is 4.79 Å². The highest BCUT2D eigenvalue weighted by molar-refractivity contribution is 7.99. The van der Waals surface area contributed by atoms with Gasteiger partial charge in [-0.05, 0) is 12.1 Å². The van der Waals surface area contributed by atoms with Crippen LogP contribution in [0.3, 0.4) is 0 Å². The lowest BCUT2D eigenvalue weighted by Crippen LogP contribution is -2.13. The average Bonchev–Trinajstić information content (AvgIpc) is 2.35. The number of hydrogen-bond acceptors (Lipinski definition) is 4. The molecule has 1 aromatic rings. The second kappa shape index (κ2) is 7.71. The van der Waals surface area contributed by atoms with E-state index in [0.717, 1.165) is 0 Å². The number of thioether (sulfide) groups is 1. The quantitative estimate of drug-likeness (QED) is 0.752. The van der Waals surface area contributed by atoms with Gasteiger partial charge in [0.1, 0.15) is 6.07 Å². The van der Waals surface area contributed by atoms with Crippen molar-refractivity contribution in [2.75, 3.05) is 23.4 Å². The van der Waals surface area contributed by atoms with Gasteiger partial charge in [0.25, 0.3) is 0 Å². The monoisotopic (exact) mass is 250 g/mol. The molecule has 0 aliphatic rings. The molecular weight excluding hydrogens is 236 g/mol. The van der Waals surface area contributed by atoms with E-state index in [1.165, 1.54) is 11.8 Å². The number of nitrogens with one attached hydrogen (secondary N) is 1. The highest BCUT2D eigenvalue weighted by atomic mass is 32.2. The molecular formula is C12H14N2O2S. The number of aliphatic hydroxyl groups is 1. The Balaban J connectivity index is 2.43. The van der Waals surface area contributed by atoms with E-state index in [2.05, 4.69) is 5.32 Å². The summed E-state index contributed by atoms with van der Waals surface area (Å²) in [5, 5.41) is 20.1. The van der Waals surface area contributed by atoms with Gasteiger partial charge in [-0.2, -0.15) is 17.0 Å². The third-order valence-electron chi connectivity index (χ3n) is 2.03. The Morgan fingerprint density at radius 2 is 2.18 bits per heavy atom. The highest BCUT2D eigenvalue weighted by Crippen LogP contribution is 2.14. The average molecular weight is 250 g/mol. The molecule has 0 bridgehead atoms. The predicted octanol–water partition coefficient (Wildman–Crippen LogP) is 1.61. The molecule has 4 nitrogen and oxygen atoms in total. The van der Waals surface area contributed by atoms with Crippen LogP contribution in [0.5, 0.6) is 0 Å². The molecule has 0 aliphatic heterocycles. The second-order valence-electron chi connectivity index (χ2n) is 3.29. The second-order valence-corrected chi connectivity index (χ2v) is 4.52. The number of amides is 1. The lowest BCUT2D eigenvalue weighted by Gasteiger charge is -2.06. The van der Waals surface area contributed by atoms with Crippen molar-refractivity contribution in [3.63, 3.8) is 0 Å². The molecule has 0 heterocycles. The zero-order valence-corrected chi connectivity index (χ0v) is 10.2. The SMILES string of the molecule is N#Cc1ccccc1NC(=O)CCSCCO. The number of rotatable bonds is 6. The lowest BCUT2D eigenvalue weighted by molar-refractivity contribution is -0.115. The normalized spacial score (nSPS) is 9.65. The number of carbonyl (C=O) groups is 1. The van der Waals surface area contributed by atoms with E-state index in [1.807, 2.05) is 6.07 Å². The fraction of sp³-hybridized carbons (Fsp3) is 0.333. The molecule has 0 aliphatic carbocycles. The number of carbonyl (C=O) groups excluding carboxylic acids is 1. The molecule has 1 aromatic carbocycles. The first kappa shape index (κ1) is 13.6. The first-order valence-electron chi connectivity index (χ1n) is 5.25. The molecule has 5 heteroatoms. The minimum absolute atomic E-state index is 0.113. The van der Waals surface area contributed by atoms with Crippen molar-refractivity contribution in [2.45, 2.75) is 6.42 Å². The van der Waals surface area contributed by atoms with Crippen LogP contribution in [-0.4, -0.2) is 29.1 Å². The van der Waals surface area contributed by atoms with Gasteiger partial charge < -0.3 is 10.4 Å². The topological polar surface area (TPSA) is 73.1 Å². The Labute approximate surface area is 105 Å². The Hall–Kier alpha value is -1.51. The first-order valence-corrected chi connectivity index (χ1v) is 6.41. The van der Waals surface area contributed by atoms with Gasteiger partial charge in [0, 0.05) is 17.9 Å². The van der Waals surface area contributed by atoms with Crippen molar-refractivity contribution in [3.05, 3.63) is 29.8 Å². The number of benzene rings is 1. The fourth-order valence-corrected chi connectivity index (χ4v) is 1.90. The molecule has 1 rings (SSSR count). The summed E-state index contributed by atoms with van der Waals surface area (Å²) in [4.78, 5) is 11.5. The molecule has 0 radical (unpaired) electrons. The summed E-state index contributed by atoms with van der Waals surface area (Å²) in [5.74, 6) is 1.20. The van der Waals surface area contributed by atoms with E-state index < -0.39 is 0 Å². The molecule has 0 fully saturated rings. The van der Waals surface area contributed by atoms with Gasteiger partial charge in [0.05, 0.1) is 17.9 Å². The number of anilines is 1. The Bertz CT molecular complexity index is 415. The van der Waals surface area contributed by atoms with Crippen molar-refractivity contribution in [1.29, 1.82) is 5.26 Å². The standard InChI is InChI=1S/C12H14N2O2S/c13-9-10-3-1-2-4-11(10)14-12(16)5-7-17-8-6-15/h1-4,15H,5-8H2,(H,14,16). The maximum Gasteiger partial charge on any atom is 0.225 e. The van der Waals surface area contributed by atoms with Gasteiger partial charge >= 0.3 is 0 Å². The third kappa shape index (κ3) is 4.89. The third-order valence-corrected chi connectivity index (χ3v) is 2.99. The summed E-state index contributed by atoms with van der Waals surface area (Å²) >= 11 is 1.53. The van der Waals surface area contributed by atoms with Gasteiger partial charge in [-0.1, -0.05) is 12.1 Å². The van der Waals surface area contributed by atoms with Crippen LogP contribution in [0.2, 0.25) is 0 Å². The van der Waals surface area contributed by atoms with Crippen LogP contribution >= 0.6 is 11.8 Å². The van der Waals surface area contributed by atoms with Gasteiger partial charge in [0.2, 0.25) is 5.91 Å². The van der Waals surface area contributed by atoms with Crippen molar-refractivity contribution in [3.8, 4) is 6.07 Å². The molecule has 2 N–H and O–H groups in total. The van der Waals surface area contributed by atoms with Gasteiger partial charge in [-0.15, -0.1) is 0 Å². The minimum Gasteiger partial charge on any atom is -0.396 e. The molecule has 1 amide bonds. The summed E-state index contributed by atoms with van der Waals surface area (Å²) in [7, 11) is 0. The molecule has 0 atom stereocenters. The summed E-state index contributed by atoms with van der Waals surface area (Å²) in [5.41, 5.74) is 1.01. The molecule has 90 valence electrons. The van der Waals surface area contributed by atoms with Crippen molar-refractivity contribution in [2.24, 2.45) is 0 Å². The molecule has 17 heavy (non-hydrogen) atoms. The van der Waals surface area contributed by atoms with Crippen LogP contribution in [0.25, 0.3) is 0 Å². The summed E-state index contributed by atoms with van der Waals surface area (Å²) in [6.07, 6.45) is 0.379. The van der Waals surface area contributed by atoms with Gasteiger partial charge in [0.15, 0.2) is 0 Å². The molecule has 0 aromatic heterocycles. The first-order chi connectivity index (χ1) is 8.27. The van der Waals surface area contributed by atoms with Crippen molar-refractivity contribution in [1.82, 2.24) is 0 Å². The van der Waals surface area contributed by atoms with E-state index in [9.17, 15) is 4.79 Å². The van der Waals surface area contributed by atoms with E-state index in [0.29, 0.717) is 29.2 Å². The van der Waals surface area contributed by atoms with Crippen LogP contribution in [0.4, 0.5) is 5.69 Å². The summed E-state index contributed by atoms with van der Waals surface area (Å²) in [6, 6.07) is 8.92. The summed E-state index contributed by atoms with van der Waals surface area (Å²) in [6.45, 7) is 0.129. The fourth-order valence-electron chi connectivity index (χ4n) is 1.23. The van der Waals surface area contributed by atoms with Crippen LogP contribution in [0, 0.1) is 11.3 Å². The highest BCUT2D eigenvalue weighted by Gasteiger charge is 2.05. The predicted molar refractivity (Wildman–Crippen MR) is 68.8 cm³/mol. The maximum absolute atomic E-state index is 11.5. The van der Waals surface area contributed by atoms with Crippen LogP contribution in [0.1, 0.15) is 12.0 Å². The lowest BCUT2D eigenvalue weighted by atomic mass is 10.2. The van der Waals surface area contributed by atoms with Gasteiger partial charge in [-0.3, -0.25) is 4.79 Å². The smallest absolute Gasteiger partial charge is 0.225 e. The van der Waals surface area contributed by atoms with E-state index in [-0.39, 0.29) is 12.5 Å². The largest absolute Gasteiger partial charge is 0.396 e. The number of nitrogens with zero attached hydrogens (tertiary/aromatic N) is 1. The van der Waals surface area contributed by atoms with Crippen LogP contribution in [0.15, 0.2) is 24.3 Å². The Morgan fingerprint density at radius 3 is 2.88 bits per heavy atom. The van der Waals surface area contributed by atoms with Gasteiger partial charge in [-0.25, -0.2) is 0 Å². The number of para-hydroxylation sites is 1. The summed E-state index contributed by atoms with van der Waals surface area (Å²) < 4.78 is 0. The Morgan fingerprint density at radius 1 is 1.41 bits per heavy atom. The van der Waals surface area contributed by atoms with Crippen molar-refractivity contribution < 1.29 is 9.90 Å². The molecule has 0 saturated carbocycles. The molecule has 0 spiro atoms. The zero-order valence-electron chi connectivity index (χ0n) is 9.35. The van der Waals surface area contributed by atoms with Crippen LogP contribution < -0.4 is 5.32 Å². The minimum atomic E-state index is -0.113. The number of aliphatic hydroxyl groups excluding tert-OH is 1. The number of nitriles is 1. The van der Waals surface area contributed by atoms with E-state index in [4.69, 9.17) is 10.4 Å². The van der Waals surface area contributed by atoms with E-state index >= 15 is 0 Å². The zero-order chi connectivity index (χ0) is 12.5. The number of hydrogen-bond donors (Lipinski definition) is 2. The van der Waals surface area contributed by atoms with E-state index in [1.54, 1.807) is 24.3 Å². The Kier molecular flexibility index (Phi) is 6.15. The van der Waals surface area contributed by atoms with Crippen molar-refractivity contribution >= 4 is 23.4 Å². The molecule has 0 saturated heterocycles.